The molecule has 0 amide bonds. The quantitative estimate of drug-likeness (QED) is 0.582. The van der Waals surface area contributed by atoms with Crippen LogP contribution in [0.2, 0.25) is 0 Å². The molecule has 0 fully saturated rings. The van der Waals surface area contributed by atoms with Crippen molar-refractivity contribution in [2.75, 3.05) is 13.3 Å². The van der Waals surface area contributed by atoms with Crippen LogP contribution in [-0.2, 0) is 10.6 Å². The molecule has 2 atom stereocenters. The topological polar surface area (TPSA) is 20.2 Å². The van der Waals surface area contributed by atoms with E-state index in [-0.39, 0.29) is 18.5 Å². The van der Waals surface area contributed by atoms with E-state index in [2.05, 4.69) is 92.1 Å². The van der Waals surface area contributed by atoms with E-state index in [0.717, 1.165) is 17.5 Å². The van der Waals surface area contributed by atoms with Gasteiger partial charge in [0.2, 0.25) is 0 Å². The summed E-state index contributed by atoms with van der Waals surface area (Å²) in [4.78, 5) is 0. The maximum Gasteiger partial charge on any atom is 0.123 e. The van der Waals surface area contributed by atoms with Crippen LogP contribution in [0.5, 0.6) is 5.75 Å². The summed E-state index contributed by atoms with van der Waals surface area (Å²) in [5.74, 6) is 0.496. The van der Waals surface area contributed by atoms with Gasteiger partial charge in [0.1, 0.15) is 5.75 Å². The molecule has 27 heavy (non-hydrogen) atoms. The van der Waals surface area contributed by atoms with Crippen LogP contribution in [0.25, 0.3) is 0 Å². The zero-order valence-electron chi connectivity index (χ0n) is 18.5. The molecule has 2 unspecified atom stereocenters. The predicted molar refractivity (Wildman–Crippen MR) is 127 cm³/mol. The van der Waals surface area contributed by atoms with Crippen LogP contribution in [0.1, 0.15) is 63.3 Å². The van der Waals surface area contributed by atoms with Crippen LogP contribution in [-0.4, -0.2) is 18.4 Å². The molecule has 148 valence electrons. The summed E-state index contributed by atoms with van der Waals surface area (Å²) in [6, 6.07) is 11.1. The standard InChI is InChI=1S/C24H36OP2/c1-10-24(7,26-22-17(3)12-11-13-20(22)27(8)9)19-15-16(2)14-18(21(19)25)23(4,5)6/h11-15,25-26H,10H2,1-9H3. The normalized spacial score (nSPS) is 14.9. The zero-order chi connectivity index (χ0) is 20.6. The molecule has 0 heterocycles. The summed E-state index contributed by atoms with van der Waals surface area (Å²) in [5.41, 5.74) is 4.71. The number of phenolic OH excluding ortho intramolecular Hbond substituents is 1. The molecule has 2 aromatic rings. The first-order valence-electron chi connectivity index (χ1n) is 9.80. The molecule has 0 spiro atoms. The van der Waals surface area contributed by atoms with Crippen molar-refractivity contribution in [3.8, 4) is 5.75 Å². The minimum absolute atomic E-state index is 0.0672. The Bertz CT molecular complexity index is 818. The minimum Gasteiger partial charge on any atom is -0.507 e. The average molecular weight is 402 g/mol. The second-order valence-electron chi connectivity index (χ2n) is 9.13. The number of hydrogen-bond donors (Lipinski definition) is 1. The number of phenols is 1. The number of aryl methyl sites for hydroxylation is 2. The highest BCUT2D eigenvalue weighted by Gasteiger charge is 2.32. The van der Waals surface area contributed by atoms with E-state index in [4.69, 9.17) is 0 Å². The first-order valence-corrected chi connectivity index (χ1v) is 13.0. The maximum absolute atomic E-state index is 11.2. The van der Waals surface area contributed by atoms with Gasteiger partial charge in [0.25, 0.3) is 0 Å². The van der Waals surface area contributed by atoms with E-state index in [9.17, 15) is 5.11 Å². The molecule has 1 N–H and O–H groups in total. The van der Waals surface area contributed by atoms with Gasteiger partial charge in [-0.1, -0.05) is 87.0 Å². The number of aromatic hydroxyl groups is 1. The number of rotatable bonds is 5. The second kappa shape index (κ2) is 8.23. The average Bonchev–Trinajstić information content (AvgIpc) is 2.57. The maximum atomic E-state index is 11.2. The van der Waals surface area contributed by atoms with Crippen LogP contribution in [0.15, 0.2) is 30.3 Å². The fourth-order valence-corrected chi connectivity index (χ4v) is 6.97. The fraction of sp³-hybridized carbons (Fsp3) is 0.500. The van der Waals surface area contributed by atoms with Gasteiger partial charge in [0, 0.05) is 10.7 Å². The molecule has 2 rings (SSSR count). The van der Waals surface area contributed by atoms with E-state index in [1.165, 1.54) is 21.7 Å². The third-order valence-electron chi connectivity index (χ3n) is 5.50. The lowest BCUT2D eigenvalue weighted by Gasteiger charge is -2.34. The molecule has 0 bridgehead atoms. The lowest BCUT2D eigenvalue weighted by Crippen LogP contribution is -2.28. The van der Waals surface area contributed by atoms with Crippen molar-refractivity contribution >= 4 is 27.1 Å². The molecule has 0 aliphatic rings. The molecule has 1 nitrogen and oxygen atoms in total. The Morgan fingerprint density at radius 2 is 1.59 bits per heavy atom. The first-order chi connectivity index (χ1) is 12.4. The predicted octanol–water partition coefficient (Wildman–Crippen LogP) is 6.30. The van der Waals surface area contributed by atoms with Crippen LogP contribution in [0.4, 0.5) is 0 Å². The van der Waals surface area contributed by atoms with Gasteiger partial charge in [-0.25, -0.2) is 0 Å². The monoisotopic (exact) mass is 402 g/mol. The fourth-order valence-electron chi connectivity index (χ4n) is 3.58. The molecule has 0 radical (unpaired) electrons. The van der Waals surface area contributed by atoms with Gasteiger partial charge in [-0.3, -0.25) is 0 Å². The Labute approximate surface area is 169 Å². The zero-order valence-corrected chi connectivity index (χ0v) is 20.4. The molecule has 0 saturated carbocycles. The molecule has 3 heteroatoms. The Kier molecular flexibility index (Phi) is 6.82. The molecule has 0 aromatic heterocycles. The van der Waals surface area contributed by atoms with Gasteiger partial charge in [-0.05, 0) is 60.7 Å². The minimum atomic E-state index is -0.154. The van der Waals surface area contributed by atoms with Crippen molar-refractivity contribution < 1.29 is 5.11 Å². The molecular weight excluding hydrogens is 366 g/mol. The lowest BCUT2D eigenvalue weighted by atomic mass is 9.82. The van der Waals surface area contributed by atoms with E-state index in [1.807, 2.05) is 0 Å². The van der Waals surface area contributed by atoms with E-state index >= 15 is 0 Å². The van der Waals surface area contributed by atoms with Gasteiger partial charge >= 0.3 is 0 Å². The summed E-state index contributed by atoms with van der Waals surface area (Å²) >= 11 is 0. The van der Waals surface area contributed by atoms with Gasteiger partial charge in [0.05, 0.1) is 0 Å². The summed E-state index contributed by atoms with van der Waals surface area (Å²) in [7, 11) is 0.492. The van der Waals surface area contributed by atoms with Crippen LogP contribution < -0.4 is 10.6 Å². The molecule has 2 aromatic carbocycles. The van der Waals surface area contributed by atoms with Gasteiger partial charge in [-0.2, -0.15) is 0 Å². The number of benzene rings is 2. The highest BCUT2D eigenvalue weighted by molar-refractivity contribution is 7.66. The third kappa shape index (κ3) is 4.75. The number of hydrogen-bond acceptors (Lipinski definition) is 1. The highest BCUT2D eigenvalue weighted by atomic mass is 31.1. The molecule has 0 aliphatic carbocycles. The SMILES string of the molecule is CCC(C)(Pc1c(C)cccc1P(C)C)c1cc(C)cc(C(C)(C)C)c1O. The Balaban J connectivity index is 2.65. The van der Waals surface area contributed by atoms with Crippen molar-refractivity contribution in [2.24, 2.45) is 0 Å². The molecule has 0 aliphatic heterocycles. The molecule has 0 saturated heterocycles. The summed E-state index contributed by atoms with van der Waals surface area (Å²) in [6.07, 6.45) is 1.01. The van der Waals surface area contributed by atoms with Crippen molar-refractivity contribution in [1.29, 1.82) is 0 Å². The van der Waals surface area contributed by atoms with Crippen molar-refractivity contribution in [2.45, 2.75) is 65.5 Å². The highest BCUT2D eigenvalue weighted by Crippen LogP contribution is 2.50. The summed E-state index contributed by atoms with van der Waals surface area (Å²) in [6.45, 7) is 20.2. The Hall–Kier alpha value is -0.900. The third-order valence-corrected chi connectivity index (χ3v) is 9.13. The van der Waals surface area contributed by atoms with E-state index in [1.54, 1.807) is 0 Å². The smallest absolute Gasteiger partial charge is 0.123 e. The largest absolute Gasteiger partial charge is 0.507 e. The van der Waals surface area contributed by atoms with E-state index in [0.29, 0.717) is 14.3 Å². The second-order valence-corrected chi connectivity index (χ2v) is 13.3. The Morgan fingerprint density at radius 1 is 1.00 bits per heavy atom. The van der Waals surface area contributed by atoms with Gasteiger partial charge in [0.15, 0.2) is 0 Å². The lowest BCUT2D eigenvalue weighted by molar-refractivity contribution is 0.430. The first kappa shape index (κ1) is 22.4. The van der Waals surface area contributed by atoms with Crippen molar-refractivity contribution in [3.63, 3.8) is 0 Å². The van der Waals surface area contributed by atoms with Gasteiger partial charge < -0.3 is 5.11 Å². The van der Waals surface area contributed by atoms with Crippen LogP contribution in [0, 0.1) is 13.8 Å². The van der Waals surface area contributed by atoms with Crippen molar-refractivity contribution in [1.82, 2.24) is 0 Å². The summed E-state index contributed by atoms with van der Waals surface area (Å²) in [5, 5.41) is 14.2. The van der Waals surface area contributed by atoms with Crippen LogP contribution >= 0.6 is 16.5 Å². The molecular formula is C24H36OP2. The van der Waals surface area contributed by atoms with E-state index < -0.39 is 0 Å². The summed E-state index contributed by atoms with van der Waals surface area (Å²) < 4.78 is 0. The Morgan fingerprint density at radius 3 is 2.11 bits per heavy atom. The van der Waals surface area contributed by atoms with Gasteiger partial charge in [-0.15, -0.1) is 0 Å². The van der Waals surface area contributed by atoms with Crippen LogP contribution in [0.3, 0.4) is 0 Å². The van der Waals surface area contributed by atoms with Crippen molar-refractivity contribution in [3.05, 3.63) is 52.6 Å².